The molecule has 136 valence electrons. The summed E-state index contributed by atoms with van der Waals surface area (Å²) < 4.78 is 18.7. The van der Waals surface area contributed by atoms with Crippen LogP contribution in [0.3, 0.4) is 0 Å². The molecule has 2 aromatic rings. The predicted molar refractivity (Wildman–Crippen MR) is 93.4 cm³/mol. The third-order valence-electron chi connectivity index (χ3n) is 4.64. The maximum absolute atomic E-state index is 13.0. The van der Waals surface area contributed by atoms with Crippen molar-refractivity contribution < 1.29 is 23.8 Å². The molecule has 6 heteroatoms. The molecule has 1 fully saturated rings. The van der Waals surface area contributed by atoms with Gasteiger partial charge in [-0.15, -0.1) is 0 Å². The lowest BCUT2D eigenvalue weighted by molar-refractivity contribution is -0.142. The minimum atomic E-state index is -0.881. The first kappa shape index (κ1) is 17.9. The van der Waals surface area contributed by atoms with E-state index < -0.39 is 11.9 Å². The molecule has 0 unspecified atom stereocenters. The van der Waals surface area contributed by atoms with Crippen molar-refractivity contribution in [1.82, 2.24) is 4.90 Å². The highest BCUT2D eigenvalue weighted by Crippen LogP contribution is 2.28. The van der Waals surface area contributed by atoms with Crippen molar-refractivity contribution in [2.24, 2.45) is 11.8 Å². The topological polar surface area (TPSA) is 66.8 Å². The van der Waals surface area contributed by atoms with Crippen LogP contribution in [0.1, 0.15) is 22.8 Å². The SMILES string of the molecule is C[C@@H]1CN(C(=O)c2ccccc2OCc2ccc(F)cc2)C[C@H]1C(=O)O. The Kier molecular flexibility index (Phi) is 5.21. The van der Waals surface area contributed by atoms with Gasteiger partial charge in [0.25, 0.3) is 5.91 Å². The molecule has 0 aromatic heterocycles. The van der Waals surface area contributed by atoms with Crippen LogP contribution in [-0.4, -0.2) is 35.0 Å². The minimum Gasteiger partial charge on any atom is -0.488 e. The molecule has 1 N–H and O–H groups in total. The number of para-hydroxylation sites is 1. The number of rotatable bonds is 5. The third kappa shape index (κ3) is 3.85. The molecule has 0 aliphatic carbocycles. The van der Waals surface area contributed by atoms with E-state index in [4.69, 9.17) is 4.74 Å². The lowest BCUT2D eigenvalue weighted by Gasteiger charge is -2.18. The molecule has 0 bridgehead atoms. The Bertz CT molecular complexity index is 806. The number of likely N-dealkylation sites (tertiary alicyclic amines) is 1. The van der Waals surface area contributed by atoms with Crippen LogP contribution in [0.5, 0.6) is 5.75 Å². The number of hydrogen-bond acceptors (Lipinski definition) is 3. The number of halogens is 1. The number of hydrogen-bond donors (Lipinski definition) is 1. The molecular weight excluding hydrogens is 337 g/mol. The molecule has 1 aliphatic rings. The Labute approximate surface area is 151 Å². The van der Waals surface area contributed by atoms with Gasteiger partial charge in [0.15, 0.2) is 0 Å². The summed E-state index contributed by atoms with van der Waals surface area (Å²) in [7, 11) is 0. The van der Waals surface area contributed by atoms with Gasteiger partial charge in [0, 0.05) is 13.1 Å². The van der Waals surface area contributed by atoms with Crippen LogP contribution in [0, 0.1) is 17.7 Å². The highest BCUT2D eigenvalue weighted by atomic mass is 19.1. The molecule has 0 radical (unpaired) electrons. The summed E-state index contributed by atoms with van der Waals surface area (Å²) in [5, 5.41) is 9.25. The van der Waals surface area contributed by atoms with Gasteiger partial charge in [-0.3, -0.25) is 9.59 Å². The van der Waals surface area contributed by atoms with Crippen LogP contribution < -0.4 is 4.74 Å². The van der Waals surface area contributed by atoms with Crippen molar-refractivity contribution in [2.45, 2.75) is 13.5 Å². The Morgan fingerprint density at radius 3 is 2.50 bits per heavy atom. The number of carbonyl (C=O) groups is 2. The minimum absolute atomic E-state index is 0.0938. The number of ether oxygens (including phenoxy) is 1. The first-order chi connectivity index (χ1) is 12.5. The molecule has 26 heavy (non-hydrogen) atoms. The molecule has 0 spiro atoms. The van der Waals surface area contributed by atoms with Crippen LogP contribution in [0.25, 0.3) is 0 Å². The van der Waals surface area contributed by atoms with Crippen molar-refractivity contribution in [3.05, 3.63) is 65.5 Å². The second-order valence-electron chi connectivity index (χ2n) is 6.54. The molecule has 3 rings (SSSR count). The zero-order chi connectivity index (χ0) is 18.7. The smallest absolute Gasteiger partial charge is 0.308 e. The molecule has 1 amide bonds. The van der Waals surface area contributed by atoms with Crippen LogP contribution in [0.2, 0.25) is 0 Å². The fourth-order valence-electron chi connectivity index (χ4n) is 3.14. The summed E-state index contributed by atoms with van der Waals surface area (Å²) in [6.45, 7) is 2.64. The highest BCUT2D eigenvalue weighted by Gasteiger charge is 2.37. The zero-order valence-electron chi connectivity index (χ0n) is 14.4. The van der Waals surface area contributed by atoms with Gasteiger partial charge in [0.05, 0.1) is 11.5 Å². The van der Waals surface area contributed by atoms with Gasteiger partial charge in [-0.05, 0) is 35.7 Å². The maximum Gasteiger partial charge on any atom is 0.308 e. The van der Waals surface area contributed by atoms with Gasteiger partial charge in [0.1, 0.15) is 18.2 Å². The third-order valence-corrected chi connectivity index (χ3v) is 4.64. The summed E-state index contributed by atoms with van der Waals surface area (Å²) >= 11 is 0. The van der Waals surface area contributed by atoms with Crippen molar-refractivity contribution >= 4 is 11.9 Å². The number of amides is 1. The van der Waals surface area contributed by atoms with Crippen LogP contribution >= 0.6 is 0 Å². The zero-order valence-corrected chi connectivity index (χ0v) is 14.4. The average molecular weight is 357 g/mol. The van der Waals surface area contributed by atoms with E-state index in [1.807, 2.05) is 6.92 Å². The van der Waals surface area contributed by atoms with E-state index in [0.717, 1.165) is 5.56 Å². The Hall–Kier alpha value is -2.89. The van der Waals surface area contributed by atoms with Gasteiger partial charge in [-0.1, -0.05) is 31.2 Å². The predicted octanol–water partition coefficient (Wildman–Crippen LogP) is 3.20. The molecule has 1 heterocycles. The summed E-state index contributed by atoms with van der Waals surface area (Å²) in [5.41, 5.74) is 1.18. The van der Waals surface area contributed by atoms with Gasteiger partial charge >= 0.3 is 5.97 Å². The number of carboxylic acids is 1. The van der Waals surface area contributed by atoms with E-state index >= 15 is 0 Å². The van der Waals surface area contributed by atoms with Gasteiger partial charge < -0.3 is 14.7 Å². The number of carbonyl (C=O) groups excluding carboxylic acids is 1. The van der Waals surface area contributed by atoms with E-state index in [-0.39, 0.29) is 30.8 Å². The van der Waals surface area contributed by atoms with Crippen molar-refractivity contribution in [2.75, 3.05) is 13.1 Å². The second-order valence-corrected chi connectivity index (χ2v) is 6.54. The number of benzene rings is 2. The van der Waals surface area contributed by atoms with E-state index in [2.05, 4.69) is 0 Å². The Balaban J connectivity index is 1.73. The Morgan fingerprint density at radius 1 is 1.15 bits per heavy atom. The van der Waals surface area contributed by atoms with Crippen molar-refractivity contribution in [3.63, 3.8) is 0 Å². The van der Waals surface area contributed by atoms with Gasteiger partial charge in [0.2, 0.25) is 0 Å². The normalized spacial score (nSPS) is 19.4. The summed E-state index contributed by atoms with van der Waals surface area (Å²) in [5.74, 6) is -1.66. The van der Waals surface area contributed by atoms with E-state index in [9.17, 15) is 19.1 Å². The molecule has 2 atom stereocenters. The fourth-order valence-corrected chi connectivity index (χ4v) is 3.14. The molecule has 1 aliphatic heterocycles. The number of nitrogens with zero attached hydrogens (tertiary/aromatic N) is 1. The lowest BCUT2D eigenvalue weighted by atomic mass is 9.99. The highest BCUT2D eigenvalue weighted by molar-refractivity contribution is 5.97. The van der Waals surface area contributed by atoms with E-state index in [1.165, 1.54) is 12.1 Å². The monoisotopic (exact) mass is 357 g/mol. The lowest BCUT2D eigenvalue weighted by Crippen LogP contribution is -2.30. The second kappa shape index (κ2) is 7.56. The van der Waals surface area contributed by atoms with Gasteiger partial charge in [-0.2, -0.15) is 0 Å². The molecule has 0 saturated carbocycles. The standard InChI is InChI=1S/C20H20FNO4/c1-13-10-22(11-17(13)20(24)25)19(23)16-4-2-3-5-18(16)26-12-14-6-8-15(21)9-7-14/h2-9,13,17H,10-12H2,1H3,(H,24,25)/t13-,17-/m1/s1. The van der Waals surface area contributed by atoms with Crippen LogP contribution in [-0.2, 0) is 11.4 Å². The van der Waals surface area contributed by atoms with Crippen molar-refractivity contribution in [1.29, 1.82) is 0 Å². The average Bonchev–Trinajstić information content (AvgIpc) is 3.03. The maximum atomic E-state index is 13.0. The first-order valence-electron chi connectivity index (χ1n) is 8.44. The van der Waals surface area contributed by atoms with Crippen molar-refractivity contribution in [3.8, 4) is 5.75 Å². The summed E-state index contributed by atoms with van der Waals surface area (Å²) in [6, 6.07) is 12.8. The Morgan fingerprint density at radius 2 is 1.85 bits per heavy atom. The largest absolute Gasteiger partial charge is 0.488 e. The quantitative estimate of drug-likeness (QED) is 0.892. The molecular formula is C20H20FNO4. The summed E-state index contributed by atoms with van der Waals surface area (Å²) in [6.07, 6.45) is 0. The van der Waals surface area contributed by atoms with Crippen LogP contribution in [0.4, 0.5) is 4.39 Å². The molecule has 5 nitrogen and oxygen atoms in total. The van der Waals surface area contributed by atoms with Crippen LogP contribution in [0.15, 0.2) is 48.5 Å². The first-order valence-corrected chi connectivity index (χ1v) is 8.44. The van der Waals surface area contributed by atoms with Gasteiger partial charge in [-0.25, -0.2) is 4.39 Å². The molecule has 2 aromatic carbocycles. The summed E-state index contributed by atoms with van der Waals surface area (Å²) in [4.78, 5) is 25.7. The van der Waals surface area contributed by atoms with E-state index in [1.54, 1.807) is 41.3 Å². The molecule has 1 saturated heterocycles. The van der Waals surface area contributed by atoms with E-state index in [0.29, 0.717) is 17.9 Å². The number of aliphatic carboxylic acids is 1. The fraction of sp³-hybridized carbons (Fsp3) is 0.300. The number of carboxylic acid groups (broad SMARTS) is 1.